The fourth-order valence-corrected chi connectivity index (χ4v) is 2.61. The van der Waals surface area contributed by atoms with Gasteiger partial charge in [0.05, 0.1) is 13.7 Å². The molecule has 1 unspecified atom stereocenters. The molecule has 0 radical (unpaired) electrons. The van der Waals surface area contributed by atoms with Crippen LogP contribution in [0.2, 0.25) is 0 Å². The van der Waals surface area contributed by atoms with E-state index in [1.807, 2.05) is 6.07 Å². The summed E-state index contributed by atoms with van der Waals surface area (Å²) < 4.78 is 34.0. The molecule has 1 aromatic rings. The third-order valence-electron chi connectivity index (χ3n) is 3.55. The minimum atomic E-state index is -2.39. The molecule has 0 aromatic heterocycles. The summed E-state index contributed by atoms with van der Waals surface area (Å²) in [4.78, 5) is 0. The molecule has 20 heavy (non-hydrogen) atoms. The predicted molar refractivity (Wildman–Crippen MR) is 73.5 cm³/mol. The van der Waals surface area contributed by atoms with Crippen molar-refractivity contribution in [2.24, 2.45) is 0 Å². The largest absolute Gasteiger partial charge is 0.497 e. The number of alkyl halides is 2. The van der Waals surface area contributed by atoms with Gasteiger partial charge in [-0.1, -0.05) is 6.07 Å². The average Bonchev–Trinajstić information content (AvgIpc) is 2.46. The van der Waals surface area contributed by atoms with Gasteiger partial charge in [0.25, 0.3) is 6.43 Å². The Morgan fingerprint density at radius 2 is 2.25 bits per heavy atom. The number of halogens is 2. The molecule has 0 heterocycles. The van der Waals surface area contributed by atoms with E-state index in [0.717, 1.165) is 25.0 Å². The summed E-state index contributed by atoms with van der Waals surface area (Å²) in [6.07, 6.45) is 0.856. The number of methoxy groups -OCH3 is 1. The summed E-state index contributed by atoms with van der Waals surface area (Å²) in [5, 5.41) is 3.38. The van der Waals surface area contributed by atoms with Crippen LogP contribution in [-0.2, 0) is 11.2 Å². The van der Waals surface area contributed by atoms with Crippen molar-refractivity contribution < 1.29 is 18.3 Å². The normalized spacial score (nSPS) is 18.1. The lowest BCUT2D eigenvalue weighted by molar-refractivity contribution is 0.0181. The number of fused-ring (bicyclic) bond motifs is 1. The Bertz CT molecular complexity index is 426. The van der Waals surface area contributed by atoms with Gasteiger partial charge < -0.3 is 14.8 Å². The van der Waals surface area contributed by atoms with Crippen molar-refractivity contribution in [2.75, 3.05) is 26.9 Å². The summed E-state index contributed by atoms with van der Waals surface area (Å²) in [5.74, 6) is 0.879. The summed E-state index contributed by atoms with van der Waals surface area (Å²) in [7, 11) is 1.67. The average molecular weight is 285 g/mol. The topological polar surface area (TPSA) is 30.5 Å². The Morgan fingerprint density at radius 1 is 1.40 bits per heavy atom. The molecule has 1 aliphatic rings. The van der Waals surface area contributed by atoms with Gasteiger partial charge in [0.1, 0.15) is 12.4 Å². The van der Waals surface area contributed by atoms with Gasteiger partial charge in [0, 0.05) is 12.6 Å². The first-order chi connectivity index (χ1) is 9.70. The quantitative estimate of drug-likeness (QED) is 0.781. The second-order valence-corrected chi connectivity index (χ2v) is 4.93. The van der Waals surface area contributed by atoms with Gasteiger partial charge in [0.2, 0.25) is 0 Å². The van der Waals surface area contributed by atoms with E-state index in [4.69, 9.17) is 9.47 Å². The molecule has 0 amide bonds. The van der Waals surface area contributed by atoms with E-state index in [-0.39, 0.29) is 6.04 Å². The zero-order valence-electron chi connectivity index (χ0n) is 11.7. The molecular weight excluding hydrogens is 264 g/mol. The lowest BCUT2D eigenvalue weighted by atomic mass is 9.87. The molecular formula is C15H21F2NO2. The zero-order chi connectivity index (χ0) is 14.4. The van der Waals surface area contributed by atoms with Crippen molar-refractivity contribution >= 4 is 0 Å². The minimum Gasteiger partial charge on any atom is -0.497 e. The number of hydrogen-bond acceptors (Lipinski definition) is 3. The van der Waals surface area contributed by atoms with Gasteiger partial charge in [-0.2, -0.15) is 0 Å². The maximum atomic E-state index is 11.9. The van der Waals surface area contributed by atoms with Gasteiger partial charge in [-0.3, -0.25) is 0 Å². The van der Waals surface area contributed by atoms with Crippen LogP contribution in [0, 0.1) is 0 Å². The van der Waals surface area contributed by atoms with E-state index in [2.05, 4.69) is 17.4 Å². The van der Waals surface area contributed by atoms with Gasteiger partial charge in [0.15, 0.2) is 0 Å². The molecule has 0 saturated carbocycles. The number of aryl methyl sites for hydroxylation is 1. The van der Waals surface area contributed by atoms with E-state index >= 15 is 0 Å². The highest BCUT2D eigenvalue weighted by Gasteiger charge is 2.19. The third-order valence-corrected chi connectivity index (χ3v) is 3.55. The van der Waals surface area contributed by atoms with Crippen LogP contribution >= 0.6 is 0 Å². The molecule has 5 heteroatoms. The molecule has 2 rings (SSSR count). The first kappa shape index (κ1) is 15.2. The minimum absolute atomic E-state index is 0.278. The smallest absolute Gasteiger partial charge is 0.261 e. The highest BCUT2D eigenvalue weighted by Crippen LogP contribution is 2.31. The molecule has 0 saturated heterocycles. The Hall–Kier alpha value is -1.20. The number of benzene rings is 1. The summed E-state index contributed by atoms with van der Waals surface area (Å²) >= 11 is 0. The van der Waals surface area contributed by atoms with Crippen molar-refractivity contribution in [1.29, 1.82) is 0 Å². The first-order valence-electron chi connectivity index (χ1n) is 6.97. The molecule has 0 spiro atoms. The number of nitrogens with one attached hydrogen (secondary N) is 1. The van der Waals surface area contributed by atoms with Gasteiger partial charge in [-0.15, -0.1) is 0 Å². The zero-order valence-corrected chi connectivity index (χ0v) is 11.7. The van der Waals surface area contributed by atoms with Gasteiger partial charge in [-0.05, 0) is 42.5 Å². The Labute approximate surface area is 118 Å². The standard InChI is InChI=1S/C15H21F2NO2/c1-19-12-5-6-13-11(9-12)3-2-4-14(13)18-7-8-20-10-15(16)17/h5-6,9,14-15,18H,2-4,7-8,10H2,1H3. The van der Waals surface area contributed by atoms with Crippen LogP contribution in [0.1, 0.15) is 30.0 Å². The van der Waals surface area contributed by atoms with Crippen molar-refractivity contribution in [3.63, 3.8) is 0 Å². The van der Waals surface area contributed by atoms with Crippen LogP contribution in [0.4, 0.5) is 8.78 Å². The van der Waals surface area contributed by atoms with Gasteiger partial charge >= 0.3 is 0 Å². The summed E-state index contributed by atoms with van der Waals surface area (Å²) in [5.41, 5.74) is 2.59. The predicted octanol–water partition coefficient (Wildman–Crippen LogP) is 2.94. The van der Waals surface area contributed by atoms with Crippen LogP contribution in [0.3, 0.4) is 0 Å². The van der Waals surface area contributed by atoms with E-state index in [9.17, 15) is 8.78 Å². The van der Waals surface area contributed by atoms with E-state index in [1.54, 1.807) is 7.11 Å². The molecule has 1 aromatic carbocycles. The maximum absolute atomic E-state index is 11.9. The highest BCUT2D eigenvalue weighted by atomic mass is 19.3. The fraction of sp³-hybridized carbons (Fsp3) is 0.600. The number of rotatable bonds is 7. The lowest BCUT2D eigenvalue weighted by Crippen LogP contribution is -2.28. The van der Waals surface area contributed by atoms with Crippen molar-refractivity contribution in [2.45, 2.75) is 31.7 Å². The van der Waals surface area contributed by atoms with Crippen molar-refractivity contribution in [3.8, 4) is 5.75 Å². The molecule has 0 bridgehead atoms. The van der Waals surface area contributed by atoms with Crippen LogP contribution in [0.15, 0.2) is 18.2 Å². The Morgan fingerprint density at radius 3 is 3.00 bits per heavy atom. The van der Waals surface area contributed by atoms with E-state index in [1.165, 1.54) is 11.1 Å². The SMILES string of the molecule is COc1ccc2c(c1)CCCC2NCCOCC(F)F. The first-order valence-corrected chi connectivity index (χ1v) is 6.97. The van der Waals surface area contributed by atoms with Crippen LogP contribution in [-0.4, -0.2) is 33.3 Å². The van der Waals surface area contributed by atoms with Crippen molar-refractivity contribution in [3.05, 3.63) is 29.3 Å². The molecule has 3 nitrogen and oxygen atoms in total. The fourth-order valence-electron chi connectivity index (χ4n) is 2.61. The van der Waals surface area contributed by atoms with Crippen LogP contribution in [0.25, 0.3) is 0 Å². The van der Waals surface area contributed by atoms with Crippen LogP contribution < -0.4 is 10.1 Å². The Kier molecular flexibility index (Phi) is 5.73. The van der Waals surface area contributed by atoms with E-state index in [0.29, 0.717) is 13.2 Å². The summed E-state index contributed by atoms with van der Waals surface area (Å²) in [6, 6.07) is 6.41. The van der Waals surface area contributed by atoms with E-state index < -0.39 is 13.0 Å². The van der Waals surface area contributed by atoms with Crippen molar-refractivity contribution in [1.82, 2.24) is 5.32 Å². The number of ether oxygens (including phenoxy) is 2. The lowest BCUT2D eigenvalue weighted by Gasteiger charge is -2.27. The van der Waals surface area contributed by atoms with Gasteiger partial charge in [-0.25, -0.2) is 8.78 Å². The second-order valence-electron chi connectivity index (χ2n) is 4.93. The molecule has 1 atom stereocenters. The highest BCUT2D eigenvalue weighted by molar-refractivity contribution is 5.39. The Balaban J connectivity index is 1.85. The molecule has 1 N–H and O–H groups in total. The molecule has 0 aliphatic heterocycles. The third kappa shape index (κ3) is 4.15. The second kappa shape index (κ2) is 7.55. The molecule has 112 valence electrons. The molecule has 1 aliphatic carbocycles. The van der Waals surface area contributed by atoms with Crippen LogP contribution in [0.5, 0.6) is 5.75 Å². The molecule has 0 fully saturated rings. The monoisotopic (exact) mass is 285 g/mol. The number of hydrogen-bond donors (Lipinski definition) is 1. The summed E-state index contributed by atoms with van der Waals surface area (Å²) in [6.45, 7) is 0.412. The maximum Gasteiger partial charge on any atom is 0.261 e.